The van der Waals surface area contributed by atoms with Crippen molar-refractivity contribution in [2.24, 2.45) is 0 Å². The Morgan fingerprint density at radius 2 is 1.88 bits per heavy atom. The van der Waals surface area contributed by atoms with E-state index in [1.54, 1.807) is 24.3 Å². The number of aliphatic hydroxyl groups is 1. The smallest absolute Gasteiger partial charge is 0.291 e. The first-order valence-electron chi connectivity index (χ1n) is 9.75. The van der Waals surface area contributed by atoms with E-state index in [-0.39, 0.29) is 10.6 Å². The zero-order chi connectivity index (χ0) is 23.2. The number of nitrogens with one attached hydrogen (secondary N) is 1. The fraction of sp³-hybridized carbons (Fsp3) is 0.217. The van der Waals surface area contributed by atoms with Crippen LogP contribution in [0.4, 0.5) is 17.6 Å². The molecule has 4 rings (SSSR count). The number of benzene rings is 2. The second-order valence-electron chi connectivity index (χ2n) is 7.74. The maximum atomic E-state index is 13.7. The molecule has 166 valence electrons. The summed E-state index contributed by atoms with van der Waals surface area (Å²) in [7, 11) is 0. The number of halogens is 4. The number of alkyl halides is 2. The van der Waals surface area contributed by atoms with Crippen LogP contribution in [0.3, 0.4) is 0 Å². The van der Waals surface area contributed by atoms with Gasteiger partial charge in [0.1, 0.15) is 5.70 Å². The molecular formula is C23H19F4N3O2. The highest BCUT2D eigenvalue weighted by atomic mass is 19.3. The van der Waals surface area contributed by atoms with Crippen molar-refractivity contribution < 1.29 is 27.5 Å². The maximum Gasteiger partial charge on any atom is 0.291 e. The van der Waals surface area contributed by atoms with E-state index in [1.165, 1.54) is 6.07 Å². The molecule has 2 N–H and O–H groups in total. The molecular weight excluding hydrogens is 426 g/mol. The van der Waals surface area contributed by atoms with Crippen LogP contribution in [0.25, 0.3) is 22.2 Å². The van der Waals surface area contributed by atoms with E-state index < -0.39 is 36.3 Å². The summed E-state index contributed by atoms with van der Waals surface area (Å²) in [6.45, 7) is 3.80. The molecule has 2 aromatic carbocycles. The van der Waals surface area contributed by atoms with Gasteiger partial charge in [-0.05, 0) is 31.5 Å². The lowest BCUT2D eigenvalue weighted by atomic mass is 9.99. The average Bonchev–Trinajstić information content (AvgIpc) is 3.12. The number of rotatable bonds is 3. The van der Waals surface area contributed by atoms with Gasteiger partial charge in [0, 0.05) is 10.9 Å². The molecule has 0 spiro atoms. The van der Waals surface area contributed by atoms with Crippen LogP contribution in [0.15, 0.2) is 60.3 Å². The van der Waals surface area contributed by atoms with Crippen LogP contribution in [-0.4, -0.2) is 33.2 Å². The molecule has 0 aliphatic carbocycles. The van der Waals surface area contributed by atoms with Gasteiger partial charge in [-0.25, -0.2) is 18.8 Å². The minimum absolute atomic E-state index is 0.0577. The Morgan fingerprint density at radius 3 is 2.53 bits per heavy atom. The molecule has 5 nitrogen and oxygen atoms in total. The van der Waals surface area contributed by atoms with Gasteiger partial charge in [-0.3, -0.25) is 10.2 Å². The predicted octanol–water partition coefficient (Wildman–Crippen LogP) is 4.93. The van der Waals surface area contributed by atoms with Crippen molar-refractivity contribution >= 4 is 16.8 Å². The fourth-order valence-electron chi connectivity index (χ4n) is 3.83. The number of aromatic nitrogens is 1. The van der Waals surface area contributed by atoms with Crippen molar-refractivity contribution in [3.05, 3.63) is 77.0 Å². The minimum Gasteiger partial charge on any atom is -0.364 e. The number of carbonyl (C=O) groups excluding carboxylic acids is 1. The van der Waals surface area contributed by atoms with Gasteiger partial charge < -0.3 is 5.11 Å². The normalized spacial score (nSPS) is 18.4. The number of para-hydroxylation sites is 1. The summed E-state index contributed by atoms with van der Waals surface area (Å²) in [5.74, 6) is -1.08. The van der Waals surface area contributed by atoms with E-state index in [0.29, 0.717) is 16.6 Å². The van der Waals surface area contributed by atoms with Crippen LogP contribution in [-0.2, 0) is 0 Å². The number of carbonyl (C=O) groups is 1. The zero-order valence-corrected chi connectivity index (χ0v) is 17.2. The van der Waals surface area contributed by atoms with Crippen LogP contribution < -0.4 is 5.43 Å². The van der Waals surface area contributed by atoms with Crippen LogP contribution >= 0.6 is 0 Å². The second-order valence-corrected chi connectivity index (χ2v) is 7.74. The number of fused-ring (bicyclic) bond motifs is 1. The Bertz CT molecular complexity index is 1260. The first kappa shape index (κ1) is 21.8. The number of hydrogen-bond donors (Lipinski definition) is 2. The summed E-state index contributed by atoms with van der Waals surface area (Å²) in [5.41, 5.74) is 1.32. The first-order valence-corrected chi connectivity index (χ1v) is 9.75. The standard InChI is InChI=1S/C23H19F4N3O2/c1-12-7-8-14(13(2)9-12)18-10-16(15-5-3-4-6-17(15)28-18)21(31)30-23(32,22(26)27)11-19(29-30)20(24)25/h3-10,22,29,32H,11H2,1-2H3. The minimum atomic E-state index is -3.48. The number of amides is 1. The lowest BCUT2D eigenvalue weighted by Crippen LogP contribution is -2.55. The Labute approximate surface area is 181 Å². The highest BCUT2D eigenvalue weighted by Gasteiger charge is 2.53. The van der Waals surface area contributed by atoms with E-state index in [2.05, 4.69) is 4.98 Å². The third-order valence-corrected chi connectivity index (χ3v) is 5.46. The molecule has 0 bridgehead atoms. The maximum absolute atomic E-state index is 13.7. The molecule has 1 saturated heterocycles. The van der Waals surface area contributed by atoms with Gasteiger partial charge in [0.15, 0.2) is 0 Å². The summed E-state index contributed by atoms with van der Waals surface area (Å²) in [4.78, 5) is 17.9. The Hall–Kier alpha value is -3.46. The highest BCUT2D eigenvalue weighted by molar-refractivity contribution is 6.07. The predicted molar refractivity (Wildman–Crippen MR) is 111 cm³/mol. The van der Waals surface area contributed by atoms with Gasteiger partial charge in [-0.1, -0.05) is 42.0 Å². The van der Waals surface area contributed by atoms with Crippen molar-refractivity contribution in [1.82, 2.24) is 15.4 Å². The van der Waals surface area contributed by atoms with Crippen molar-refractivity contribution in [1.29, 1.82) is 0 Å². The topological polar surface area (TPSA) is 65.5 Å². The molecule has 32 heavy (non-hydrogen) atoms. The third-order valence-electron chi connectivity index (χ3n) is 5.46. The van der Waals surface area contributed by atoms with Gasteiger partial charge in [0.25, 0.3) is 18.4 Å². The van der Waals surface area contributed by atoms with Gasteiger partial charge in [0.2, 0.25) is 5.72 Å². The van der Waals surface area contributed by atoms with Gasteiger partial charge >= 0.3 is 0 Å². The number of nitrogens with zero attached hydrogens (tertiary/aromatic N) is 2. The molecule has 1 atom stereocenters. The lowest BCUT2D eigenvalue weighted by Gasteiger charge is -2.31. The molecule has 0 radical (unpaired) electrons. The Morgan fingerprint density at radius 1 is 1.16 bits per heavy atom. The highest BCUT2D eigenvalue weighted by Crippen LogP contribution is 2.37. The molecule has 1 unspecified atom stereocenters. The Balaban J connectivity index is 1.90. The molecule has 1 aliphatic rings. The molecule has 1 amide bonds. The molecule has 9 heteroatoms. The molecule has 1 aromatic heterocycles. The molecule has 0 saturated carbocycles. The third kappa shape index (κ3) is 3.58. The largest absolute Gasteiger partial charge is 0.364 e. The number of aryl methyl sites for hydroxylation is 2. The quantitative estimate of drug-likeness (QED) is 0.561. The summed E-state index contributed by atoms with van der Waals surface area (Å²) in [6, 6.07) is 13.6. The van der Waals surface area contributed by atoms with Crippen LogP contribution in [0, 0.1) is 13.8 Å². The van der Waals surface area contributed by atoms with Crippen molar-refractivity contribution in [3.8, 4) is 11.3 Å². The van der Waals surface area contributed by atoms with Crippen molar-refractivity contribution in [2.75, 3.05) is 0 Å². The number of hydrogen-bond acceptors (Lipinski definition) is 4. The van der Waals surface area contributed by atoms with Crippen LogP contribution in [0.1, 0.15) is 27.9 Å². The van der Waals surface area contributed by atoms with Crippen LogP contribution in [0.5, 0.6) is 0 Å². The Kier molecular flexibility index (Phi) is 5.37. The molecule has 3 aromatic rings. The van der Waals surface area contributed by atoms with Gasteiger partial charge in [-0.15, -0.1) is 0 Å². The summed E-state index contributed by atoms with van der Waals surface area (Å²) in [5, 5.41) is 10.9. The summed E-state index contributed by atoms with van der Waals surface area (Å²) < 4.78 is 53.6. The van der Waals surface area contributed by atoms with E-state index >= 15 is 0 Å². The molecule has 1 fully saturated rings. The summed E-state index contributed by atoms with van der Waals surface area (Å²) >= 11 is 0. The number of hydrazine groups is 1. The zero-order valence-electron chi connectivity index (χ0n) is 17.2. The lowest BCUT2D eigenvalue weighted by molar-refractivity contribution is -0.168. The monoisotopic (exact) mass is 445 g/mol. The van der Waals surface area contributed by atoms with E-state index in [9.17, 15) is 27.5 Å². The SMILES string of the molecule is Cc1ccc(-c2cc(C(=O)N3NC(=C(F)F)CC3(O)C(F)F)c3ccccc3n2)c(C)c1. The van der Waals surface area contributed by atoms with Gasteiger partial charge in [-0.2, -0.15) is 8.78 Å². The van der Waals surface area contributed by atoms with Crippen LogP contribution in [0.2, 0.25) is 0 Å². The van der Waals surface area contributed by atoms with E-state index in [1.807, 2.05) is 37.5 Å². The number of pyridine rings is 1. The van der Waals surface area contributed by atoms with Crippen molar-refractivity contribution in [3.63, 3.8) is 0 Å². The molecule has 1 aliphatic heterocycles. The molecule has 2 heterocycles. The van der Waals surface area contributed by atoms with Gasteiger partial charge in [0.05, 0.1) is 23.2 Å². The van der Waals surface area contributed by atoms with E-state index in [0.717, 1.165) is 16.7 Å². The fourth-order valence-corrected chi connectivity index (χ4v) is 3.83. The summed E-state index contributed by atoms with van der Waals surface area (Å²) in [6.07, 6.45) is -6.89. The second kappa shape index (κ2) is 7.90. The first-order chi connectivity index (χ1) is 15.1. The average molecular weight is 445 g/mol. The van der Waals surface area contributed by atoms with Crippen molar-refractivity contribution in [2.45, 2.75) is 32.4 Å². The van der Waals surface area contributed by atoms with E-state index in [4.69, 9.17) is 0 Å².